The number of halogens is 1. The molecule has 3 heterocycles. The van der Waals surface area contributed by atoms with E-state index in [2.05, 4.69) is 26.9 Å². The van der Waals surface area contributed by atoms with Gasteiger partial charge >= 0.3 is 0 Å². The summed E-state index contributed by atoms with van der Waals surface area (Å²) in [6.45, 7) is 8.39. The van der Waals surface area contributed by atoms with E-state index >= 15 is 0 Å². The standard InChI is InChI=1S/C26H29ClN4O3S/c1-17-13-30(15-20(32)16-33-21-7-8-26-24(12-21)28-18(2)35-26)9-10-31(17)14-19-11-25(34-29-19)22-5-3-4-6-23(22)27/h3-8,11-12,17,20,32H,9-10,13-16H2,1-2H3/t17-,20-/m1/s1. The maximum atomic E-state index is 10.6. The number of aliphatic hydroxyl groups excluding tert-OH is 1. The van der Waals surface area contributed by atoms with Crippen molar-refractivity contribution in [3.05, 3.63) is 64.3 Å². The lowest BCUT2D eigenvalue weighted by Crippen LogP contribution is -2.53. The number of rotatable bonds is 8. The van der Waals surface area contributed by atoms with Gasteiger partial charge in [0.25, 0.3) is 0 Å². The van der Waals surface area contributed by atoms with Crippen molar-refractivity contribution >= 4 is 33.2 Å². The Kier molecular flexibility index (Phi) is 7.36. The molecule has 0 unspecified atom stereocenters. The number of aromatic nitrogens is 2. The van der Waals surface area contributed by atoms with Crippen LogP contribution in [0.5, 0.6) is 5.75 Å². The number of hydrogen-bond donors (Lipinski definition) is 1. The molecule has 0 radical (unpaired) electrons. The van der Waals surface area contributed by atoms with Crippen LogP contribution in [-0.4, -0.2) is 70.0 Å². The second-order valence-corrected chi connectivity index (χ2v) is 10.7. The summed E-state index contributed by atoms with van der Waals surface area (Å²) in [4.78, 5) is 9.19. The highest BCUT2D eigenvalue weighted by atomic mass is 35.5. The van der Waals surface area contributed by atoms with E-state index in [0.717, 1.165) is 51.9 Å². The van der Waals surface area contributed by atoms with Crippen molar-refractivity contribution < 1.29 is 14.4 Å². The summed E-state index contributed by atoms with van der Waals surface area (Å²) in [6.07, 6.45) is -0.560. The third kappa shape index (κ3) is 5.85. The van der Waals surface area contributed by atoms with Crippen molar-refractivity contribution in [2.45, 2.75) is 32.5 Å². The smallest absolute Gasteiger partial charge is 0.168 e. The molecule has 7 nitrogen and oxygen atoms in total. The minimum Gasteiger partial charge on any atom is -0.491 e. The maximum absolute atomic E-state index is 10.6. The van der Waals surface area contributed by atoms with Gasteiger partial charge in [0.05, 0.1) is 25.9 Å². The van der Waals surface area contributed by atoms with Crippen molar-refractivity contribution in [3.63, 3.8) is 0 Å². The maximum Gasteiger partial charge on any atom is 0.168 e. The van der Waals surface area contributed by atoms with Crippen LogP contribution in [0, 0.1) is 6.92 Å². The topological polar surface area (TPSA) is 74.9 Å². The van der Waals surface area contributed by atoms with Crippen LogP contribution in [0.1, 0.15) is 17.6 Å². The molecule has 4 aromatic rings. The van der Waals surface area contributed by atoms with E-state index in [9.17, 15) is 5.11 Å². The molecule has 2 aromatic carbocycles. The van der Waals surface area contributed by atoms with Gasteiger partial charge in [-0.15, -0.1) is 11.3 Å². The Hall–Kier alpha value is -2.49. The van der Waals surface area contributed by atoms with Gasteiger partial charge in [-0.1, -0.05) is 28.9 Å². The van der Waals surface area contributed by atoms with Crippen LogP contribution in [0.15, 0.2) is 53.1 Å². The summed E-state index contributed by atoms with van der Waals surface area (Å²) < 4.78 is 12.5. The molecule has 9 heteroatoms. The largest absolute Gasteiger partial charge is 0.491 e. The number of nitrogens with zero attached hydrogens (tertiary/aromatic N) is 4. The Bertz CT molecular complexity index is 1290. The number of thiazole rings is 1. The minimum absolute atomic E-state index is 0.257. The van der Waals surface area contributed by atoms with Gasteiger partial charge in [0.2, 0.25) is 0 Å². The number of ether oxygens (including phenoxy) is 1. The molecule has 0 bridgehead atoms. The number of piperazine rings is 1. The highest BCUT2D eigenvalue weighted by Gasteiger charge is 2.26. The molecule has 184 valence electrons. The first kappa shape index (κ1) is 24.2. The normalized spacial score (nSPS) is 18.2. The molecule has 1 saturated heterocycles. The zero-order valence-corrected chi connectivity index (χ0v) is 21.4. The lowest BCUT2D eigenvalue weighted by atomic mass is 10.1. The van der Waals surface area contributed by atoms with Crippen LogP contribution in [0.25, 0.3) is 21.5 Å². The number of benzene rings is 2. The Morgan fingerprint density at radius 1 is 1.23 bits per heavy atom. The fourth-order valence-electron chi connectivity index (χ4n) is 4.51. The van der Waals surface area contributed by atoms with Gasteiger partial charge in [-0.3, -0.25) is 9.80 Å². The number of β-amino-alcohol motifs (C(OH)–C–C–N with tert-alkyl or cyclic N) is 1. The summed E-state index contributed by atoms with van der Waals surface area (Å²) in [7, 11) is 0. The lowest BCUT2D eigenvalue weighted by molar-refractivity contribution is 0.0250. The Balaban J connectivity index is 1.10. The van der Waals surface area contributed by atoms with E-state index < -0.39 is 6.10 Å². The summed E-state index contributed by atoms with van der Waals surface area (Å²) in [5.74, 6) is 1.42. The van der Waals surface area contributed by atoms with Gasteiger partial charge in [0.1, 0.15) is 18.5 Å². The van der Waals surface area contributed by atoms with Crippen LogP contribution in [0.2, 0.25) is 5.02 Å². The van der Waals surface area contributed by atoms with Crippen LogP contribution < -0.4 is 4.74 Å². The fraction of sp³-hybridized carbons (Fsp3) is 0.385. The highest BCUT2D eigenvalue weighted by Crippen LogP contribution is 2.29. The second-order valence-electron chi connectivity index (χ2n) is 9.07. The molecule has 2 atom stereocenters. The van der Waals surface area contributed by atoms with E-state index in [4.69, 9.17) is 20.9 Å². The summed E-state index contributed by atoms with van der Waals surface area (Å²) >= 11 is 7.96. The number of hydrogen-bond acceptors (Lipinski definition) is 8. The van der Waals surface area contributed by atoms with Gasteiger partial charge in [0.15, 0.2) is 5.76 Å². The molecular formula is C26H29ClN4O3S. The molecule has 5 rings (SSSR count). The molecule has 2 aromatic heterocycles. The van der Waals surface area contributed by atoms with E-state index in [-0.39, 0.29) is 6.61 Å². The molecule has 1 aliphatic heterocycles. The minimum atomic E-state index is -0.560. The first-order chi connectivity index (χ1) is 16.9. The van der Waals surface area contributed by atoms with E-state index in [1.165, 1.54) is 0 Å². The predicted octanol–water partition coefficient (Wildman–Crippen LogP) is 4.86. The Morgan fingerprint density at radius 3 is 2.91 bits per heavy atom. The quantitative estimate of drug-likeness (QED) is 0.361. The molecule has 1 fully saturated rings. The van der Waals surface area contributed by atoms with Crippen molar-refractivity contribution in [2.24, 2.45) is 0 Å². The van der Waals surface area contributed by atoms with Crippen molar-refractivity contribution in [3.8, 4) is 17.1 Å². The second kappa shape index (κ2) is 10.6. The first-order valence-corrected chi connectivity index (χ1v) is 13.0. The molecule has 0 amide bonds. The van der Waals surface area contributed by atoms with Gasteiger partial charge < -0.3 is 14.4 Å². The number of aliphatic hydroxyl groups is 1. The molecular weight excluding hydrogens is 484 g/mol. The summed E-state index contributed by atoms with van der Waals surface area (Å²) in [5, 5.41) is 16.5. The average molecular weight is 513 g/mol. The Labute approximate surface area is 213 Å². The van der Waals surface area contributed by atoms with Crippen LogP contribution >= 0.6 is 22.9 Å². The average Bonchev–Trinajstić information content (AvgIpc) is 3.45. The molecule has 1 N–H and O–H groups in total. The van der Waals surface area contributed by atoms with Gasteiger partial charge in [-0.25, -0.2) is 4.98 Å². The number of aryl methyl sites for hydroxylation is 1. The van der Waals surface area contributed by atoms with E-state index in [1.807, 2.05) is 55.5 Å². The van der Waals surface area contributed by atoms with Crippen molar-refractivity contribution in [2.75, 3.05) is 32.8 Å². The molecule has 1 aliphatic rings. The molecule has 0 aliphatic carbocycles. The molecule has 35 heavy (non-hydrogen) atoms. The fourth-order valence-corrected chi connectivity index (χ4v) is 5.55. The van der Waals surface area contributed by atoms with Gasteiger partial charge in [-0.2, -0.15) is 0 Å². The first-order valence-electron chi connectivity index (χ1n) is 11.8. The van der Waals surface area contributed by atoms with Gasteiger partial charge in [0, 0.05) is 56.5 Å². The SMILES string of the molecule is Cc1nc2cc(OC[C@H](O)CN3CCN(Cc4cc(-c5ccccc5Cl)on4)[C@H](C)C3)ccc2s1. The van der Waals surface area contributed by atoms with Crippen molar-refractivity contribution in [1.82, 2.24) is 19.9 Å². The van der Waals surface area contributed by atoms with Crippen LogP contribution in [0.4, 0.5) is 0 Å². The van der Waals surface area contributed by atoms with Crippen molar-refractivity contribution in [1.29, 1.82) is 0 Å². The predicted molar refractivity (Wildman–Crippen MR) is 139 cm³/mol. The third-order valence-corrected chi connectivity index (χ3v) is 7.57. The summed E-state index contributed by atoms with van der Waals surface area (Å²) in [6, 6.07) is 15.8. The monoisotopic (exact) mass is 512 g/mol. The zero-order chi connectivity index (χ0) is 24.4. The highest BCUT2D eigenvalue weighted by molar-refractivity contribution is 7.18. The molecule has 0 spiro atoms. The van der Waals surface area contributed by atoms with Crippen LogP contribution in [-0.2, 0) is 6.54 Å². The van der Waals surface area contributed by atoms with E-state index in [0.29, 0.717) is 29.9 Å². The van der Waals surface area contributed by atoms with Crippen LogP contribution in [0.3, 0.4) is 0 Å². The number of fused-ring (bicyclic) bond motifs is 1. The third-order valence-electron chi connectivity index (χ3n) is 6.29. The Morgan fingerprint density at radius 2 is 2.09 bits per heavy atom. The van der Waals surface area contributed by atoms with Gasteiger partial charge in [-0.05, 0) is 38.1 Å². The molecule has 0 saturated carbocycles. The summed E-state index contributed by atoms with van der Waals surface area (Å²) in [5.41, 5.74) is 2.68. The lowest BCUT2D eigenvalue weighted by Gasteiger charge is -2.40. The zero-order valence-electron chi connectivity index (χ0n) is 19.9. The van der Waals surface area contributed by atoms with E-state index in [1.54, 1.807) is 11.3 Å².